The van der Waals surface area contributed by atoms with Crippen molar-refractivity contribution in [2.75, 3.05) is 18.1 Å². The Kier molecular flexibility index (Phi) is 3.49. The summed E-state index contributed by atoms with van der Waals surface area (Å²) >= 11 is 0. The third-order valence-electron chi connectivity index (χ3n) is 2.00. The molecule has 0 aliphatic heterocycles. The molecule has 1 aromatic carbocycles. The summed E-state index contributed by atoms with van der Waals surface area (Å²) in [5.41, 5.74) is 6.01. The number of likely N-dealkylation sites (N-methyl/N-ethyl adjacent to an activating group) is 1. The largest absolute Gasteiger partial charge is 0.399 e. The number of halogens is 1. The number of anilines is 2. The summed E-state index contributed by atoms with van der Waals surface area (Å²) in [5.74, 6) is -0.669. The fraction of sp³-hybridized carbons (Fsp3) is 0.300. The van der Waals surface area contributed by atoms with Crippen molar-refractivity contribution >= 4 is 17.3 Å². The Hall–Kier alpha value is -1.78. The van der Waals surface area contributed by atoms with Gasteiger partial charge in [-0.05, 0) is 25.1 Å². The minimum Gasteiger partial charge on any atom is -0.399 e. The first kappa shape index (κ1) is 11.3. The summed E-state index contributed by atoms with van der Waals surface area (Å²) in [4.78, 5) is 11.2. The number of rotatable bonds is 3. The summed E-state index contributed by atoms with van der Waals surface area (Å²) < 4.78 is 13.3. The van der Waals surface area contributed by atoms with E-state index in [9.17, 15) is 9.18 Å². The Morgan fingerprint density at radius 2 is 2.20 bits per heavy atom. The first-order valence-corrected chi connectivity index (χ1v) is 4.57. The highest BCUT2D eigenvalue weighted by Gasteiger charge is 2.12. The monoisotopic (exact) mass is 211 g/mol. The van der Waals surface area contributed by atoms with Crippen LogP contribution in [0.5, 0.6) is 0 Å². The lowest BCUT2D eigenvalue weighted by atomic mass is 10.2. The number of amides is 1. The van der Waals surface area contributed by atoms with Gasteiger partial charge in [0.1, 0.15) is 11.9 Å². The van der Waals surface area contributed by atoms with E-state index >= 15 is 0 Å². The van der Waals surface area contributed by atoms with E-state index in [4.69, 9.17) is 5.73 Å². The summed E-state index contributed by atoms with van der Waals surface area (Å²) in [6, 6.07) is 3.79. The van der Waals surface area contributed by atoms with Crippen LogP contribution in [0, 0.1) is 5.82 Å². The zero-order chi connectivity index (χ0) is 11.4. The van der Waals surface area contributed by atoms with Crippen molar-refractivity contribution in [2.45, 2.75) is 13.0 Å². The van der Waals surface area contributed by atoms with Crippen LogP contribution in [0.15, 0.2) is 18.2 Å². The number of carbonyl (C=O) groups excluding carboxylic acids is 1. The van der Waals surface area contributed by atoms with Crippen LogP contribution in [0.4, 0.5) is 15.8 Å². The van der Waals surface area contributed by atoms with Crippen molar-refractivity contribution in [2.24, 2.45) is 0 Å². The van der Waals surface area contributed by atoms with Gasteiger partial charge in [-0.25, -0.2) is 4.39 Å². The van der Waals surface area contributed by atoms with Crippen LogP contribution < -0.4 is 16.4 Å². The third kappa shape index (κ3) is 2.83. The summed E-state index contributed by atoms with van der Waals surface area (Å²) in [7, 11) is 1.53. The molecular weight excluding hydrogens is 197 g/mol. The molecule has 1 atom stereocenters. The van der Waals surface area contributed by atoms with E-state index in [2.05, 4.69) is 10.6 Å². The van der Waals surface area contributed by atoms with Gasteiger partial charge in [-0.2, -0.15) is 0 Å². The van der Waals surface area contributed by atoms with E-state index in [1.165, 1.54) is 19.2 Å². The molecule has 1 amide bonds. The second kappa shape index (κ2) is 4.63. The van der Waals surface area contributed by atoms with Crippen LogP contribution in [0.1, 0.15) is 6.92 Å². The molecule has 15 heavy (non-hydrogen) atoms. The first-order chi connectivity index (χ1) is 7.04. The SMILES string of the molecule is CNC(=O)C(C)Nc1ccc(N)cc1F. The molecule has 0 saturated carbocycles. The topological polar surface area (TPSA) is 67.2 Å². The smallest absolute Gasteiger partial charge is 0.241 e. The number of nitrogens with one attached hydrogen (secondary N) is 2. The van der Waals surface area contributed by atoms with Gasteiger partial charge >= 0.3 is 0 Å². The van der Waals surface area contributed by atoms with Crippen LogP contribution in [0.2, 0.25) is 0 Å². The Balaban J connectivity index is 2.76. The van der Waals surface area contributed by atoms with Crippen LogP contribution in [-0.4, -0.2) is 19.0 Å². The van der Waals surface area contributed by atoms with Gasteiger partial charge in [0.05, 0.1) is 5.69 Å². The summed E-state index contributed by atoms with van der Waals surface area (Å²) in [6.07, 6.45) is 0. The van der Waals surface area contributed by atoms with Gasteiger partial charge in [0.25, 0.3) is 0 Å². The highest BCUT2D eigenvalue weighted by Crippen LogP contribution is 2.17. The van der Waals surface area contributed by atoms with Crippen LogP contribution >= 0.6 is 0 Å². The highest BCUT2D eigenvalue weighted by molar-refractivity contribution is 5.83. The predicted molar refractivity (Wildman–Crippen MR) is 58.0 cm³/mol. The highest BCUT2D eigenvalue weighted by atomic mass is 19.1. The summed E-state index contributed by atoms with van der Waals surface area (Å²) in [5, 5.41) is 5.21. The average Bonchev–Trinajstić information content (AvgIpc) is 2.20. The lowest BCUT2D eigenvalue weighted by Gasteiger charge is -2.14. The average molecular weight is 211 g/mol. The van der Waals surface area contributed by atoms with Crippen LogP contribution in [-0.2, 0) is 4.79 Å². The molecule has 0 aromatic heterocycles. The lowest BCUT2D eigenvalue weighted by molar-refractivity contribution is -0.121. The minimum atomic E-state index is -0.492. The Morgan fingerprint density at radius 3 is 2.73 bits per heavy atom. The molecule has 0 fully saturated rings. The Labute approximate surface area is 87.7 Å². The molecule has 82 valence electrons. The van der Waals surface area contributed by atoms with E-state index in [0.29, 0.717) is 5.69 Å². The molecule has 4 nitrogen and oxygen atoms in total. The second-order valence-corrected chi connectivity index (χ2v) is 3.22. The van der Waals surface area contributed by atoms with Gasteiger partial charge in [0.2, 0.25) is 5.91 Å². The van der Waals surface area contributed by atoms with E-state index < -0.39 is 11.9 Å². The molecule has 1 unspecified atom stereocenters. The lowest BCUT2D eigenvalue weighted by Crippen LogP contribution is -2.35. The fourth-order valence-electron chi connectivity index (χ4n) is 1.16. The van der Waals surface area contributed by atoms with E-state index in [0.717, 1.165) is 0 Å². The van der Waals surface area contributed by atoms with Crippen molar-refractivity contribution in [3.63, 3.8) is 0 Å². The number of nitrogens with two attached hydrogens (primary N) is 1. The Morgan fingerprint density at radius 1 is 1.53 bits per heavy atom. The maximum Gasteiger partial charge on any atom is 0.241 e. The number of carbonyl (C=O) groups is 1. The third-order valence-corrected chi connectivity index (χ3v) is 2.00. The Bertz CT molecular complexity index is 368. The molecule has 0 aliphatic carbocycles. The molecule has 0 radical (unpaired) electrons. The predicted octanol–water partition coefficient (Wildman–Crippen LogP) is 0.954. The van der Waals surface area contributed by atoms with Gasteiger partial charge in [0.15, 0.2) is 0 Å². The molecule has 0 bridgehead atoms. The van der Waals surface area contributed by atoms with Gasteiger partial charge in [-0.15, -0.1) is 0 Å². The second-order valence-electron chi connectivity index (χ2n) is 3.22. The quantitative estimate of drug-likeness (QED) is 0.652. The van der Waals surface area contributed by atoms with Gasteiger partial charge < -0.3 is 16.4 Å². The number of hydrogen-bond donors (Lipinski definition) is 3. The molecule has 0 aliphatic rings. The van der Waals surface area contributed by atoms with Gasteiger partial charge in [0, 0.05) is 12.7 Å². The molecular formula is C10H14FN3O. The molecule has 1 aromatic rings. The molecule has 0 spiro atoms. The maximum absolute atomic E-state index is 13.3. The standard InChI is InChI=1S/C10H14FN3O/c1-6(10(15)13-2)14-9-4-3-7(12)5-8(9)11/h3-6,14H,12H2,1-2H3,(H,13,15). The molecule has 1 rings (SSSR count). The molecule has 0 heterocycles. The van der Waals surface area contributed by atoms with Crippen molar-refractivity contribution < 1.29 is 9.18 Å². The molecule has 4 N–H and O–H groups in total. The number of benzene rings is 1. The molecule has 0 saturated heterocycles. The number of hydrogen-bond acceptors (Lipinski definition) is 3. The molecule has 5 heteroatoms. The zero-order valence-corrected chi connectivity index (χ0v) is 8.67. The van der Waals surface area contributed by atoms with Crippen molar-refractivity contribution in [3.05, 3.63) is 24.0 Å². The van der Waals surface area contributed by atoms with Crippen LogP contribution in [0.25, 0.3) is 0 Å². The normalized spacial score (nSPS) is 11.9. The summed E-state index contributed by atoms with van der Waals surface area (Å²) in [6.45, 7) is 1.65. The minimum absolute atomic E-state index is 0.203. The van der Waals surface area contributed by atoms with E-state index in [-0.39, 0.29) is 11.6 Å². The van der Waals surface area contributed by atoms with Gasteiger partial charge in [-0.1, -0.05) is 0 Å². The van der Waals surface area contributed by atoms with E-state index in [1.807, 2.05) is 0 Å². The van der Waals surface area contributed by atoms with Gasteiger partial charge in [-0.3, -0.25) is 4.79 Å². The first-order valence-electron chi connectivity index (χ1n) is 4.57. The van der Waals surface area contributed by atoms with E-state index in [1.54, 1.807) is 13.0 Å². The maximum atomic E-state index is 13.3. The van der Waals surface area contributed by atoms with Crippen LogP contribution in [0.3, 0.4) is 0 Å². The number of nitrogen functional groups attached to an aromatic ring is 1. The van der Waals surface area contributed by atoms with Crippen molar-refractivity contribution in [3.8, 4) is 0 Å². The van der Waals surface area contributed by atoms with Crippen molar-refractivity contribution in [1.29, 1.82) is 0 Å². The fourth-order valence-corrected chi connectivity index (χ4v) is 1.16. The van der Waals surface area contributed by atoms with Crippen molar-refractivity contribution in [1.82, 2.24) is 5.32 Å². The zero-order valence-electron chi connectivity index (χ0n) is 8.67.